The minimum Gasteiger partial charge on any atom is -0.387 e. The topological polar surface area (TPSA) is 41.5 Å². The van der Waals surface area contributed by atoms with E-state index in [1.807, 2.05) is 0 Å². The maximum Gasteiger partial charge on any atom is 0.411 e. The van der Waals surface area contributed by atoms with Gasteiger partial charge in [-0.2, -0.15) is 13.2 Å². The van der Waals surface area contributed by atoms with Gasteiger partial charge in [0.25, 0.3) is 0 Å². The molecule has 0 aliphatic carbocycles. The number of nitrogens with one attached hydrogen (secondary N) is 1. The van der Waals surface area contributed by atoms with Gasteiger partial charge in [0.2, 0.25) is 0 Å². The number of benzene rings is 1. The molecule has 19 heavy (non-hydrogen) atoms. The Morgan fingerprint density at radius 1 is 1.32 bits per heavy atom. The van der Waals surface area contributed by atoms with Crippen molar-refractivity contribution in [3.63, 3.8) is 0 Å². The highest BCUT2D eigenvalue weighted by Crippen LogP contribution is 2.21. The summed E-state index contributed by atoms with van der Waals surface area (Å²) in [5.74, 6) is 0. The molecular weight excluding hydrogens is 283 g/mol. The number of aliphatic hydroxyl groups excluding tert-OH is 1. The molecule has 0 spiro atoms. The van der Waals surface area contributed by atoms with Crippen LogP contribution < -0.4 is 5.32 Å². The summed E-state index contributed by atoms with van der Waals surface area (Å²) in [5, 5.41) is 13.1. The second-order valence-electron chi connectivity index (χ2n) is 3.91. The van der Waals surface area contributed by atoms with E-state index in [9.17, 15) is 18.3 Å². The van der Waals surface area contributed by atoms with Gasteiger partial charge >= 0.3 is 6.18 Å². The van der Waals surface area contributed by atoms with Gasteiger partial charge < -0.3 is 15.2 Å². The Morgan fingerprint density at radius 2 is 2.00 bits per heavy atom. The van der Waals surface area contributed by atoms with Crippen molar-refractivity contribution in [3.8, 4) is 0 Å². The minimum atomic E-state index is -4.31. The minimum absolute atomic E-state index is 0.0747. The van der Waals surface area contributed by atoms with Gasteiger partial charge in [-0.25, -0.2) is 0 Å². The van der Waals surface area contributed by atoms with Crippen molar-refractivity contribution in [1.82, 2.24) is 5.32 Å². The van der Waals surface area contributed by atoms with Crippen LogP contribution in [-0.4, -0.2) is 37.6 Å². The van der Waals surface area contributed by atoms with Gasteiger partial charge in [-0.3, -0.25) is 0 Å². The first-order valence-electron chi connectivity index (χ1n) is 5.68. The van der Waals surface area contributed by atoms with E-state index in [0.29, 0.717) is 10.6 Å². The molecule has 108 valence electrons. The lowest BCUT2D eigenvalue weighted by Gasteiger charge is -2.14. The van der Waals surface area contributed by atoms with Gasteiger partial charge in [-0.15, -0.1) is 0 Å². The molecule has 1 unspecified atom stereocenters. The molecular formula is C12H15ClF3NO2. The third kappa shape index (κ3) is 6.77. The van der Waals surface area contributed by atoms with Crippen LogP contribution in [0.4, 0.5) is 13.2 Å². The number of halogens is 4. The first kappa shape index (κ1) is 16.2. The maximum atomic E-state index is 11.8. The molecule has 1 aromatic carbocycles. The summed E-state index contributed by atoms with van der Waals surface area (Å²) >= 11 is 5.89. The molecule has 0 fully saturated rings. The predicted octanol–water partition coefficient (Wildman–Crippen LogP) is 2.54. The van der Waals surface area contributed by atoms with Crippen LogP contribution in [0, 0.1) is 0 Å². The maximum absolute atomic E-state index is 11.8. The number of alkyl halides is 3. The first-order valence-corrected chi connectivity index (χ1v) is 6.05. The molecule has 1 rings (SSSR count). The van der Waals surface area contributed by atoms with E-state index in [1.165, 1.54) is 0 Å². The van der Waals surface area contributed by atoms with Crippen molar-refractivity contribution in [2.24, 2.45) is 0 Å². The van der Waals surface area contributed by atoms with Gasteiger partial charge in [-0.05, 0) is 6.07 Å². The highest BCUT2D eigenvalue weighted by molar-refractivity contribution is 6.31. The Bertz CT molecular complexity index is 387. The second kappa shape index (κ2) is 7.69. The average molecular weight is 298 g/mol. The van der Waals surface area contributed by atoms with Gasteiger partial charge in [0, 0.05) is 23.7 Å². The zero-order valence-corrected chi connectivity index (χ0v) is 10.8. The van der Waals surface area contributed by atoms with E-state index in [2.05, 4.69) is 10.1 Å². The first-order chi connectivity index (χ1) is 8.90. The molecule has 3 nitrogen and oxygen atoms in total. The molecule has 0 radical (unpaired) electrons. The summed E-state index contributed by atoms with van der Waals surface area (Å²) in [6, 6.07) is 6.84. The van der Waals surface area contributed by atoms with Crippen LogP contribution >= 0.6 is 11.6 Å². The van der Waals surface area contributed by atoms with Gasteiger partial charge in [-0.1, -0.05) is 29.8 Å². The van der Waals surface area contributed by atoms with E-state index in [-0.39, 0.29) is 19.7 Å². The second-order valence-corrected chi connectivity index (χ2v) is 4.32. The van der Waals surface area contributed by atoms with Crippen LogP contribution in [0.3, 0.4) is 0 Å². The fourth-order valence-corrected chi connectivity index (χ4v) is 1.69. The molecule has 0 amide bonds. The largest absolute Gasteiger partial charge is 0.411 e. The fourth-order valence-electron chi connectivity index (χ4n) is 1.43. The molecule has 0 aliphatic heterocycles. The Labute approximate surface area is 114 Å². The van der Waals surface area contributed by atoms with Crippen LogP contribution in [-0.2, 0) is 4.74 Å². The van der Waals surface area contributed by atoms with Crippen molar-refractivity contribution in [1.29, 1.82) is 0 Å². The molecule has 0 heterocycles. The summed E-state index contributed by atoms with van der Waals surface area (Å²) in [6.45, 7) is -0.923. The van der Waals surface area contributed by atoms with Crippen molar-refractivity contribution in [2.75, 3.05) is 26.3 Å². The molecule has 0 aliphatic rings. The molecule has 2 N–H and O–H groups in total. The lowest BCUT2D eigenvalue weighted by molar-refractivity contribution is -0.173. The number of aliphatic hydroxyl groups is 1. The Hall–Kier alpha value is -0.820. The SMILES string of the molecule is OC(CNCCOCC(F)(F)F)c1ccccc1Cl. The van der Waals surface area contributed by atoms with Crippen LogP contribution in [0.5, 0.6) is 0 Å². The van der Waals surface area contributed by atoms with Crippen LogP contribution in [0.1, 0.15) is 11.7 Å². The third-order valence-electron chi connectivity index (χ3n) is 2.29. The summed E-state index contributed by atoms with van der Waals surface area (Å²) < 4.78 is 39.7. The standard InChI is InChI=1S/C12H15ClF3NO2/c13-10-4-2-1-3-9(10)11(18)7-17-5-6-19-8-12(14,15)16/h1-4,11,17-18H,5-8H2. The molecule has 7 heteroatoms. The van der Waals surface area contributed by atoms with Crippen LogP contribution in [0.2, 0.25) is 5.02 Å². The summed E-state index contributed by atoms with van der Waals surface area (Å²) in [7, 11) is 0. The van der Waals surface area contributed by atoms with Gasteiger partial charge in [0.1, 0.15) is 6.61 Å². The summed E-state index contributed by atoms with van der Waals surface area (Å²) in [5.41, 5.74) is 0.577. The third-order valence-corrected chi connectivity index (χ3v) is 2.64. The van der Waals surface area contributed by atoms with Gasteiger partial charge in [0.15, 0.2) is 0 Å². The van der Waals surface area contributed by atoms with E-state index < -0.39 is 18.9 Å². The zero-order valence-electron chi connectivity index (χ0n) is 10.1. The van der Waals surface area contributed by atoms with Crippen molar-refractivity contribution in [2.45, 2.75) is 12.3 Å². The Kier molecular flexibility index (Phi) is 6.57. The zero-order chi connectivity index (χ0) is 14.3. The molecule has 0 bridgehead atoms. The molecule has 0 aromatic heterocycles. The molecule has 0 saturated heterocycles. The molecule has 1 atom stereocenters. The van der Waals surface area contributed by atoms with E-state index in [0.717, 1.165) is 0 Å². The summed E-state index contributed by atoms with van der Waals surface area (Å²) in [6.07, 6.45) is -5.12. The number of rotatable bonds is 7. The summed E-state index contributed by atoms with van der Waals surface area (Å²) in [4.78, 5) is 0. The van der Waals surface area contributed by atoms with Crippen molar-refractivity contribution in [3.05, 3.63) is 34.9 Å². The van der Waals surface area contributed by atoms with Crippen LogP contribution in [0.25, 0.3) is 0 Å². The normalized spacial score (nSPS) is 13.5. The highest BCUT2D eigenvalue weighted by atomic mass is 35.5. The van der Waals surface area contributed by atoms with E-state index >= 15 is 0 Å². The Morgan fingerprint density at radius 3 is 2.63 bits per heavy atom. The van der Waals surface area contributed by atoms with E-state index in [1.54, 1.807) is 24.3 Å². The number of hydrogen-bond acceptors (Lipinski definition) is 3. The number of hydrogen-bond donors (Lipinski definition) is 2. The lowest BCUT2D eigenvalue weighted by Crippen LogP contribution is -2.27. The lowest BCUT2D eigenvalue weighted by atomic mass is 10.1. The fraction of sp³-hybridized carbons (Fsp3) is 0.500. The predicted molar refractivity (Wildman–Crippen MR) is 66.2 cm³/mol. The monoisotopic (exact) mass is 297 g/mol. The average Bonchev–Trinajstić information content (AvgIpc) is 2.32. The van der Waals surface area contributed by atoms with Crippen molar-refractivity contribution < 1.29 is 23.0 Å². The van der Waals surface area contributed by atoms with Crippen molar-refractivity contribution >= 4 is 11.6 Å². The smallest absolute Gasteiger partial charge is 0.387 e. The number of ether oxygens (including phenoxy) is 1. The Balaban J connectivity index is 2.18. The molecule has 0 saturated carbocycles. The van der Waals surface area contributed by atoms with Gasteiger partial charge in [0.05, 0.1) is 12.7 Å². The van der Waals surface area contributed by atoms with E-state index in [4.69, 9.17) is 11.6 Å². The van der Waals surface area contributed by atoms with Crippen LogP contribution in [0.15, 0.2) is 24.3 Å². The highest BCUT2D eigenvalue weighted by Gasteiger charge is 2.27. The quantitative estimate of drug-likeness (QED) is 0.760. The molecule has 1 aromatic rings.